The number of carbonyl (C=O) groups excluding carboxylic acids is 1. The molecule has 2 heterocycles. The van der Waals surface area contributed by atoms with Crippen LogP contribution in [0.25, 0.3) is 6.08 Å². The molecule has 29 heavy (non-hydrogen) atoms. The summed E-state index contributed by atoms with van der Waals surface area (Å²) in [6.07, 6.45) is 5.18. The first-order valence-corrected chi connectivity index (χ1v) is 9.50. The predicted molar refractivity (Wildman–Crippen MR) is 115 cm³/mol. The monoisotopic (exact) mass is 383 g/mol. The number of hydrogen-bond donors (Lipinski definition) is 0. The third kappa shape index (κ3) is 3.94. The van der Waals surface area contributed by atoms with Gasteiger partial charge in [-0.05, 0) is 68.0 Å². The molecule has 0 saturated carbocycles. The van der Waals surface area contributed by atoms with E-state index in [1.54, 1.807) is 23.4 Å². The highest BCUT2D eigenvalue weighted by atomic mass is 16.5. The number of pyridine rings is 1. The second-order valence-electron chi connectivity index (χ2n) is 6.68. The molecular formula is C24H21N3O2. The summed E-state index contributed by atoms with van der Waals surface area (Å²) in [5.74, 6) is 1.22. The number of amidine groups is 1. The summed E-state index contributed by atoms with van der Waals surface area (Å²) in [7, 11) is 0. The lowest BCUT2D eigenvalue weighted by molar-refractivity contribution is -0.113. The van der Waals surface area contributed by atoms with Gasteiger partial charge in [-0.3, -0.25) is 14.7 Å². The zero-order chi connectivity index (χ0) is 20.2. The van der Waals surface area contributed by atoms with Gasteiger partial charge in [0, 0.05) is 18.0 Å². The standard InChI is InChI=1S/C24H21N3O2/c1-3-29-21-9-7-20(8-10-21)27-23(19-6-4-5-17(2)15-19)26-22(24(27)28)16-18-11-13-25-14-12-18/h4-16H,3H2,1-2H3/b22-16+. The average molecular weight is 383 g/mol. The van der Waals surface area contributed by atoms with Crippen molar-refractivity contribution >= 4 is 23.5 Å². The molecule has 0 spiro atoms. The number of amides is 1. The zero-order valence-electron chi connectivity index (χ0n) is 16.4. The van der Waals surface area contributed by atoms with Crippen LogP contribution in [0.1, 0.15) is 23.6 Å². The lowest BCUT2D eigenvalue weighted by atomic mass is 10.1. The first kappa shape index (κ1) is 18.6. The molecule has 3 aromatic rings. The fraction of sp³-hybridized carbons (Fsp3) is 0.125. The highest BCUT2D eigenvalue weighted by molar-refractivity contribution is 6.33. The van der Waals surface area contributed by atoms with Crippen LogP contribution in [-0.2, 0) is 4.79 Å². The number of aliphatic imine (C=N–C) groups is 1. The van der Waals surface area contributed by atoms with Crippen LogP contribution in [0, 0.1) is 6.92 Å². The van der Waals surface area contributed by atoms with Crippen LogP contribution < -0.4 is 9.64 Å². The van der Waals surface area contributed by atoms with E-state index < -0.39 is 0 Å². The molecule has 1 amide bonds. The van der Waals surface area contributed by atoms with E-state index in [-0.39, 0.29) is 5.91 Å². The van der Waals surface area contributed by atoms with Crippen molar-refractivity contribution in [3.63, 3.8) is 0 Å². The summed E-state index contributed by atoms with van der Waals surface area (Å²) < 4.78 is 5.53. The van der Waals surface area contributed by atoms with Gasteiger partial charge < -0.3 is 4.74 Å². The number of carbonyl (C=O) groups is 1. The lowest BCUT2D eigenvalue weighted by Gasteiger charge is -2.19. The van der Waals surface area contributed by atoms with Crippen molar-refractivity contribution in [2.24, 2.45) is 4.99 Å². The molecule has 5 nitrogen and oxygen atoms in total. The van der Waals surface area contributed by atoms with Crippen molar-refractivity contribution in [3.8, 4) is 5.75 Å². The van der Waals surface area contributed by atoms with Crippen molar-refractivity contribution in [2.45, 2.75) is 13.8 Å². The summed E-state index contributed by atoms with van der Waals surface area (Å²) in [6, 6.07) is 19.2. The number of aryl methyl sites for hydroxylation is 1. The van der Waals surface area contributed by atoms with Crippen molar-refractivity contribution in [2.75, 3.05) is 11.5 Å². The van der Waals surface area contributed by atoms with Gasteiger partial charge in [-0.2, -0.15) is 0 Å². The molecule has 5 heteroatoms. The Morgan fingerprint density at radius 3 is 2.48 bits per heavy atom. The Balaban J connectivity index is 1.78. The number of aromatic nitrogens is 1. The molecule has 0 atom stereocenters. The fourth-order valence-electron chi connectivity index (χ4n) is 3.21. The van der Waals surface area contributed by atoms with E-state index in [2.05, 4.69) is 4.98 Å². The van der Waals surface area contributed by atoms with Gasteiger partial charge in [-0.25, -0.2) is 4.99 Å². The second-order valence-corrected chi connectivity index (χ2v) is 6.68. The van der Waals surface area contributed by atoms with Gasteiger partial charge >= 0.3 is 0 Å². The molecule has 1 aliphatic heterocycles. The Morgan fingerprint density at radius 1 is 1.03 bits per heavy atom. The first-order chi connectivity index (χ1) is 14.2. The van der Waals surface area contributed by atoms with Crippen molar-refractivity contribution in [1.82, 2.24) is 4.98 Å². The summed E-state index contributed by atoms with van der Waals surface area (Å²) >= 11 is 0. The minimum absolute atomic E-state index is 0.164. The SMILES string of the molecule is CCOc1ccc(N2C(=O)/C(=C\c3ccncc3)N=C2c2cccc(C)c2)cc1. The summed E-state index contributed by atoms with van der Waals surface area (Å²) in [4.78, 5) is 23.7. The Hall–Kier alpha value is -3.73. The van der Waals surface area contributed by atoms with E-state index in [4.69, 9.17) is 9.73 Å². The van der Waals surface area contributed by atoms with Gasteiger partial charge in [0.1, 0.15) is 17.3 Å². The molecule has 144 valence electrons. The molecule has 0 aliphatic carbocycles. The minimum Gasteiger partial charge on any atom is -0.494 e. The van der Waals surface area contributed by atoms with Gasteiger partial charge in [0.15, 0.2) is 0 Å². The molecule has 1 aromatic heterocycles. The Bertz CT molecular complexity index is 1090. The number of rotatable bonds is 5. The van der Waals surface area contributed by atoms with Crippen LogP contribution in [0.4, 0.5) is 5.69 Å². The zero-order valence-corrected chi connectivity index (χ0v) is 16.4. The molecule has 0 unspecified atom stereocenters. The minimum atomic E-state index is -0.164. The maximum Gasteiger partial charge on any atom is 0.282 e. The number of hydrogen-bond acceptors (Lipinski definition) is 4. The van der Waals surface area contributed by atoms with Crippen molar-refractivity contribution in [1.29, 1.82) is 0 Å². The van der Waals surface area contributed by atoms with Crippen molar-refractivity contribution < 1.29 is 9.53 Å². The van der Waals surface area contributed by atoms with Crippen LogP contribution >= 0.6 is 0 Å². The maximum absolute atomic E-state index is 13.3. The molecule has 0 radical (unpaired) electrons. The van der Waals surface area contributed by atoms with E-state index in [0.717, 1.165) is 28.1 Å². The highest BCUT2D eigenvalue weighted by Gasteiger charge is 2.32. The average Bonchev–Trinajstić information content (AvgIpc) is 3.06. The number of anilines is 1. The quantitative estimate of drug-likeness (QED) is 0.604. The molecule has 2 aromatic carbocycles. The molecule has 1 aliphatic rings. The van der Waals surface area contributed by atoms with E-state index in [1.165, 1.54) is 0 Å². The normalized spacial score (nSPS) is 15.0. The number of benzene rings is 2. The molecule has 4 rings (SSSR count). The predicted octanol–water partition coefficient (Wildman–Crippen LogP) is 4.62. The van der Waals surface area contributed by atoms with E-state index >= 15 is 0 Å². The van der Waals surface area contributed by atoms with Gasteiger partial charge in [0.2, 0.25) is 0 Å². The topological polar surface area (TPSA) is 54.8 Å². The maximum atomic E-state index is 13.3. The molecule has 0 saturated heterocycles. The Kier molecular flexibility index (Phi) is 5.20. The summed E-state index contributed by atoms with van der Waals surface area (Å²) in [6.45, 7) is 4.56. The van der Waals surface area contributed by atoms with Gasteiger partial charge in [-0.1, -0.05) is 23.8 Å². The van der Waals surface area contributed by atoms with Crippen LogP contribution in [-0.4, -0.2) is 23.3 Å². The van der Waals surface area contributed by atoms with Crippen LogP contribution in [0.5, 0.6) is 5.75 Å². The fourth-order valence-corrected chi connectivity index (χ4v) is 3.21. The van der Waals surface area contributed by atoms with Crippen molar-refractivity contribution in [3.05, 3.63) is 95.4 Å². The third-order valence-corrected chi connectivity index (χ3v) is 4.55. The van der Waals surface area contributed by atoms with Gasteiger partial charge in [-0.15, -0.1) is 0 Å². The molecular weight excluding hydrogens is 362 g/mol. The van der Waals surface area contributed by atoms with E-state index in [9.17, 15) is 4.79 Å². The third-order valence-electron chi connectivity index (χ3n) is 4.55. The highest BCUT2D eigenvalue weighted by Crippen LogP contribution is 2.29. The number of nitrogens with zero attached hydrogens (tertiary/aromatic N) is 3. The number of ether oxygens (including phenoxy) is 1. The Labute approximate surface area is 170 Å². The van der Waals surface area contributed by atoms with Crippen LogP contribution in [0.2, 0.25) is 0 Å². The summed E-state index contributed by atoms with van der Waals surface area (Å²) in [5.41, 5.74) is 4.02. The van der Waals surface area contributed by atoms with Crippen LogP contribution in [0.3, 0.4) is 0 Å². The van der Waals surface area contributed by atoms with E-state index in [1.807, 2.05) is 74.5 Å². The van der Waals surface area contributed by atoms with Gasteiger partial charge in [0.05, 0.1) is 12.3 Å². The Morgan fingerprint density at radius 2 is 1.79 bits per heavy atom. The van der Waals surface area contributed by atoms with Gasteiger partial charge in [0.25, 0.3) is 5.91 Å². The molecule has 0 N–H and O–H groups in total. The summed E-state index contributed by atoms with van der Waals surface area (Å²) in [5, 5.41) is 0. The second kappa shape index (κ2) is 8.10. The molecule has 0 fully saturated rings. The lowest BCUT2D eigenvalue weighted by Crippen LogP contribution is -2.32. The molecule has 0 bridgehead atoms. The van der Waals surface area contributed by atoms with Crippen LogP contribution in [0.15, 0.2) is 83.7 Å². The smallest absolute Gasteiger partial charge is 0.282 e. The first-order valence-electron chi connectivity index (χ1n) is 9.50. The largest absolute Gasteiger partial charge is 0.494 e. The van der Waals surface area contributed by atoms with E-state index in [0.29, 0.717) is 18.1 Å².